The number of hydrazine groups is 1. The minimum absolute atomic E-state index is 0.341. The first kappa shape index (κ1) is 22.8. The number of imide groups is 1. The summed E-state index contributed by atoms with van der Waals surface area (Å²) in [7, 11) is 0. The van der Waals surface area contributed by atoms with E-state index in [9.17, 15) is 14.4 Å². The van der Waals surface area contributed by atoms with Crippen molar-refractivity contribution in [3.05, 3.63) is 95.1 Å². The SMILES string of the molecule is CCOc1ccccc1C1NN(C(=O)c2ccc(C)cc2)C2C(=O)N(c3ccc(C)cc3)C(=O)C12. The van der Waals surface area contributed by atoms with E-state index in [4.69, 9.17) is 4.74 Å². The first-order valence-electron chi connectivity index (χ1n) is 11.7. The normalized spacial score (nSPS) is 21.4. The number of fused-ring (bicyclic) bond motifs is 1. The van der Waals surface area contributed by atoms with Gasteiger partial charge in [0.15, 0.2) is 0 Å². The largest absolute Gasteiger partial charge is 0.494 e. The summed E-state index contributed by atoms with van der Waals surface area (Å²) in [5.74, 6) is -1.30. The Bertz CT molecular complexity index is 1290. The molecule has 7 heteroatoms. The lowest BCUT2D eigenvalue weighted by molar-refractivity contribution is -0.123. The predicted octanol–water partition coefficient (Wildman–Crippen LogP) is 3.96. The molecular formula is C28H27N3O4. The average Bonchev–Trinajstić information content (AvgIpc) is 3.37. The van der Waals surface area contributed by atoms with Gasteiger partial charge in [0.25, 0.3) is 11.8 Å². The van der Waals surface area contributed by atoms with E-state index in [1.165, 1.54) is 9.91 Å². The summed E-state index contributed by atoms with van der Waals surface area (Å²) < 4.78 is 5.82. The summed E-state index contributed by atoms with van der Waals surface area (Å²) in [6.07, 6.45) is 0. The first-order chi connectivity index (χ1) is 16.9. The second-order valence-corrected chi connectivity index (χ2v) is 8.94. The Morgan fingerprint density at radius 3 is 2.17 bits per heavy atom. The van der Waals surface area contributed by atoms with E-state index < -0.39 is 23.9 Å². The van der Waals surface area contributed by atoms with Crippen LogP contribution in [0, 0.1) is 19.8 Å². The zero-order valence-corrected chi connectivity index (χ0v) is 19.9. The summed E-state index contributed by atoms with van der Waals surface area (Å²) in [6, 6.07) is 20.2. The van der Waals surface area contributed by atoms with Crippen molar-refractivity contribution in [1.82, 2.24) is 10.4 Å². The third-order valence-electron chi connectivity index (χ3n) is 6.60. The standard InChI is InChI=1S/C28H27N3O4/c1-4-35-22-8-6-5-7-21(22)24-23-25(31(29-24)26(32)19-13-9-17(2)10-14-19)28(34)30(27(23)33)20-15-11-18(3)12-16-20/h5-16,23-25,29H,4H2,1-3H3. The number of carbonyl (C=O) groups is 3. The van der Waals surface area contributed by atoms with Gasteiger partial charge in [-0.3, -0.25) is 19.4 Å². The summed E-state index contributed by atoms with van der Waals surface area (Å²) in [6.45, 7) is 6.22. The number of nitrogens with one attached hydrogen (secondary N) is 1. The highest BCUT2D eigenvalue weighted by Crippen LogP contribution is 2.44. The van der Waals surface area contributed by atoms with Crippen LogP contribution in [0.25, 0.3) is 0 Å². The van der Waals surface area contributed by atoms with Crippen molar-refractivity contribution in [2.75, 3.05) is 11.5 Å². The summed E-state index contributed by atoms with van der Waals surface area (Å²) in [4.78, 5) is 42.3. The molecule has 0 radical (unpaired) electrons. The lowest BCUT2D eigenvalue weighted by atomic mass is 9.90. The van der Waals surface area contributed by atoms with Gasteiger partial charge in [-0.05, 0) is 51.1 Å². The molecule has 5 rings (SSSR count). The topological polar surface area (TPSA) is 79.0 Å². The fourth-order valence-corrected chi connectivity index (χ4v) is 4.84. The van der Waals surface area contributed by atoms with Gasteiger partial charge in [-0.25, -0.2) is 10.3 Å². The molecule has 0 aromatic heterocycles. The number of hydrogen-bond acceptors (Lipinski definition) is 5. The number of para-hydroxylation sites is 1. The molecule has 3 amide bonds. The number of anilines is 1. The maximum Gasteiger partial charge on any atom is 0.268 e. The predicted molar refractivity (Wildman–Crippen MR) is 132 cm³/mol. The quantitative estimate of drug-likeness (QED) is 0.573. The Labute approximate surface area is 204 Å². The summed E-state index contributed by atoms with van der Waals surface area (Å²) in [5, 5.41) is 1.33. The molecule has 1 N–H and O–H groups in total. The number of aryl methyl sites for hydroxylation is 2. The van der Waals surface area contributed by atoms with Gasteiger partial charge in [0.1, 0.15) is 11.8 Å². The third-order valence-corrected chi connectivity index (χ3v) is 6.60. The molecule has 2 aliphatic heterocycles. The fraction of sp³-hybridized carbons (Fsp3) is 0.250. The van der Waals surface area contributed by atoms with E-state index in [1.54, 1.807) is 24.3 Å². The van der Waals surface area contributed by atoms with E-state index >= 15 is 0 Å². The van der Waals surface area contributed by atoms with Crippen molar-refractivity contribution in [2.24, 2.45) is 5.92 Å². The zero-order valence-electron chi connectivity index (χ0n) is 19.9. The molecule has 35 heavy (non-hydrogen) atoms. The molecule has 0 aliphatic carbocycles. The molecule has 3 aromatic rings. The van der Waals surface area contributed by atoms with Crippen molar-refractivity contribution in [1.29, 1.82) is 0 Å². The Hall–Kier alpha value is -3.97. The summed E-state index contributed by atoms with van der Waals surface area (Å²) >= 11 is 0. The molecule has 3 aromatic carbocycles. The van der Waals surface area contributed by atoms with Crippen molar-refractivity contribution >= 4 is 23.4 Å². The molecule has 2 fully saturated rings. The highest BCUT2D eigenvalue weighted by molar-refractivity contribution is 6.25. The van der Waals surface area contributed by atoms with Crippen LogP contribution in [0.2, 0.25) is 0 Å². The van der Waals surface area contributed by atoms with Gasteiger partial charge in [0.05, 0.1) is 24.3 Å². The van der Waals surface area contributed by atoms with Crippen molar-refractivity contribution in [2.45, 2.75) is 32.9 Å². The van der Waals surface area contributed by atoms with E-state index in [1.807, 2.05) is 69.3 Å². The van der Waals surface area contributed by atoms with E-state index in [2.05, 4.69) is 5.43 Å². The second-order valence-electron chi connectivity index (χ2n) is 8.94. The lowest BCUT2D eigenvalue weighted by Gasteiger charge is -2.26. The molecule has 3 atom stereocenters. The maximum absolute atomic E-state index is 13.8. The summed E-state index contributed by atoms with van der Waals surface area (Å²) in [5.41, 5.74) is 6.92. The van der Waals surface area contributed by atoms with Crippen LogP contribution in [0.15, 0.2) is 72.8 Å². The number of hydrogen-bond donors (Lipinski definition) is 1. The Morgan fingerprint density at radius 1 is 0.886 bits per heavy atom. The Balaban J connectivity index is 1.59. The molecule has 2 heterocycles. The molecular weight excluding hydrogens is 442 g/mol. The van der Waals surface area contributed by atoms with E-state index in [0.29, 0.717) is 23.6 Å². The van der Waals surface area contributed by atoms with Gasteiger partial charge in [-0.2, -0.15) is 0 Å². The number of ether oxygens (including phenoxy) is 1. The number of nitrogens with zero attached hydrogens (tertiary/aromatic N) is 2. The smallest absolute Gasteiger partial charge is 0.268 e. The number of carbonyl (C=O) groups excluding carboxylic acids is 3. The molecule has 178 valence electrons. The zero-order chi connectivity index (χ0) is 24.7. The average molecular weight is 470 g/mol. The minimum Gasteiger partial charge on any atom is -0.494 e. The maximum atomic E-state index is 13.8. The van der Waals surface area contributed by atoms with Gasteiger partial charge in [0.2, 0.25) is 5.91 Å². The van der Waals surface area contributed by atoms with Gasteiger partial charge in [0, 0.05) is 11.1 Å². The number of amides is 3. The van der Waals surface area contributed by atoms with E-state index in [-0.39, 0.29) is 11.8 Å². The molecule has 2 aliphatic rings. The van der Waals surface area contributed by atoms with Crippen molar-refractivity contribution < 1.29 is 19.1 Å². The Morgan fingerprint density at radius 2 is 1.51 bits per heavy atom. The van der Waals surface area contributed by atoms with Crippen LogP contribution in [0.1, 0.15) is 40.0 Å². The van der Waals surface area contributed by atoms with Crippen molar-refractivity contribution in [3.8, 4) is 5.75 Å². The highest BCUT2D eigenvalue weighted by Gasteiger charge is 2.60. The number of rotatable bonds is 5. The van der Waals surface area contributed by atoms with Crippen LogP contribution in [0.3, 0.4) is 0 Å². The highest BCUT2D eigenvalue weighted by atomic mass is 16.5. The van der Waals surface area contributed by atoms with Crippen LogP contribution < -0.4 is 15.1 Å². The van der Waals surface area contributed by atoms with Crippen LogP contribution in [-0.2, 0) is 9.59 Å². The molecule has 0 saturated carbocycles. The lowest BCUT2D eigenvalue weighted by Crippen LogP contribution is -2.48. The molecule has 2 saturated heterocycles. The van der Waals surface area contributed by atoms with E-state index in [0.717, 1.165) is 16.7 Å². The second kappa shape index (κ2) is 9.00. The number of benzene rings is 3. The first-order valence-corrected chi connectivity index (χ1v) is 11.7. The molecule has 0 bridgehead atoms. The van der Waals surface area contributed by atoms with Crippen LogP contribution in [0.4, 0.5) is 5.69 Å². The van der Waals surface area contributed by atoms with Crippen molar-refractivity contribution in [3.63, 3.8) is 0 Å². The molecule has 7 nitrogen and oxygen atoms in total. The van der Waals surface area contributed by atoms with Crippen LogP contribution in [0.5, 0.6) is 5.75 Å². The van der Waals surface area contributed by atoms with Gasteiger partial charge in [-0.15, -0.1) is 0 Å². The fourth-order valence-electron chi connectivity index (χ4n) is 4.84. The van der Waals surface area contributed by atoms with Gasteiger partial charge in [-0.1, -0.05) is 53.6 Å². The molecule has 0 spiro atoms. The third kappa shape index (κ3) is 3.88. The monoisotopic (exact) mass is 469 g/mol. The molecule has 3 unspecified atom stereocenters. The minimum atomic E-state index is -0.975. The van der Waals surface area contributed by atoms with Crippen LogP contribution >= 0.6 is 0 Å². The van der Waals surface area contributed by atoms with Gasteiger partial charge >= 0.3 is 0 Å². The van der Waals surface area contributed by atoms with Gasteiger partial charge < -0.3 is 4.74 Å². The van der Waals surface area contributed by atoms with Crippen LogP contribution in [-0.4, -0.2) is 35.4 Å². The Kier molecular flexibility index (Phi) is 5.86.